The predicted octanol–water partition coefficient (Wildman–Crippen LogP) is 2.32. The molecule has 0 spiro atoms. The maximum absolute atomic E-state index is 8.60. The van der Waals surface area contributed by atoms with Crippen LogP contribution in [-0.2, 0) is 0 Å². The number of halogens is 1. The van der Waals surface area contributed by atoms with Gasteiger partial charge in [-0.25, -0.2) is 0 Å². The van der Waals surface area contributed by atoms with E-state index in [1.54, 1.807) is 0 Å². The van der Waals surface area contributed by atoms with Crippen LogP contribution in [0.4, 0.5) is 0 Å². The highest BCUT2D eigenvalue weighted by Gasteiger charge is 2.15. The van der Waals surface area contributed by atoms with E-state index in [0.717, 1.165) is 0 Å². The summed E-state index contributed by atoms with van der Waals surface area (Å²) in [4.78, 5) is 0. The molecule has 0 aliphatic heterocycles. The lowest BCUT2D eigenvalue weighted by atomic mass is 10.1. The first-order valence-electron chi connectivity index (χ1n) is 3.22. The third-order valence-electron chi connectivity index (χ3n) is 1.34. The van der Waals surface area contributed by atoms with E-state index in [1.165, 1.54) is 0 Å². The molecule has 0 aliphatic carbocycles. The zero-order chi connectivity index (χ0) is 8.43. The normalized spacial score (nSPS) is 10.1. The van der Waals surface area contributed by atoms with Gasteiger partial charge < -0.3 is 4.52 Å². The maximum Gasteiger partial charge on any atom is 0.244 e. The Morgan fingerprint density at radius 2 is 2.27 bits per heavy atom. The first-order valence-corrected chi connectivity index (χ1v) is 3.59. The molecule has 0 unspecified atom stereocenters. The van der Waals surface area contributed by atoms with E-state index >= 15 is 0 Å². The predicted molar refractivity (Wildman–Crippen MR) is 40.3 cm³/mol. The minimum absolute atomic E-state index is 0.0798. The first-order chi connectivity index (χ1) is 5.16. The van der Waals surface area contributed by atoms with Crippen LogP contribution in [0, 0.1) is 11.3 Å². The van der Waals surface area contributed by atoms with Gasteiger partial charge in [-0.2, -0.15) is 5.26 Å². The maximum atomic E-state index is 8.60. The molecule has 1 aromatic rings. The van der Waals surface area contributed by atoms with Gasteiger partial charge in [0, 0.05) is 5.92 Å². The van der Waals surface area contributed by atoms with Crippen molar-refractivity contribution in [3.8, 4) is 6.07 Å². The topological polar surface area (TPSA) is 49.8 Å². The Kier molecular flexibility index (Phi) is 2.16. The third-order valence-corrected chi connectivity index (χ3v) is 1.59. The number of nitrogens with zero attached hydrogens (tertiary/aromatic N) is 2. The van der Waals surface area contributed by atoms with Gasteiger partial charge in [0.15, 0.2) is 0 Å². The molecule has 1 heterocycles. The van der Waals surface area contributed by atoms with Gasteiger partial charge in [0.1, 0.15) is 17.3 Å². The van der Waals surface area contributed by atoms with Crippen LogP contribution in [0.2, 0.25) is 5.22 Å². The van der Waals surface area contributed by atoms with Crippen LogP contribution in [0.1, 0.15) is 31.0 Å². The number of hydrogen-bond donors (Lipinski definition) is 0. The molecule has 0 N–H and O–H groups in total. The van der Waals surface area contributed by atoms with E-state index in [2.05, 4.69) is 9.68 Å². The highest BCUT2D eigenvalue weighted by atomic mass is 35.5. The van der Waals surface area contributed by atoms with E-state index < -0.39 is 0 Å². The minimum atomic E-state index is 0.0798. The number of aromatic nitrogens is 1. The molecule has 0 radical (unpaired) electrons. The van der Waals surface area contributed by atoms with Crippen LogP contribution >= 0.6 is 11.6 Å². The van der Waals surface area contributed by atoms with E-state index in [9.17, 15) is 0 Å². The van der Waals surface area contributed by atoms with E-state index in [1.807, 2.05) is 19.9 Å². The fourth-order valence-electron chi connectivity index (χ4n) is 0.777. The van der Waals surface area contributed by atoms with Crippen molar-refractivity contribution in [1.82, 2.24) is 5.16 Å². The third kappa shape index (κ3) is 1.36. The number of nitriles is 1. The summed E-state index contributed by atoms with van der Waals surface area (Å²) in [5.41, 5.74) is 0.971. The van der Waals surface area contributed by atoms with Gasteiger partial charge >= 0.3 is 0 Å². The molecule has 0 aliphatic rings. The van der Waals surface area contributed by atoms with Crippen LogP contribution < -0.4 is 0 Å². The molecule has 0 saturated carbocycles. The summed E-state index contributed by atoms with van der Waals surface area (Å²) < 4.78 is 4.64. The van der Waals surface area contributed by atoms with E-state index in [4.69, 9.17) is 16.9 Å². The monoisotopic (exact) mass is 170 g/mol. The Hall–Kier alpha value is -1.01. The molecule has 0 fully saturated rings. The highest BCUT2D eigenvalue weighted by molar-refractivity contribution is 6.29. The SMILES string of the molecule is CC(C)c1noc(Cl)c1C#N. The molecule has 1 aromatic heterocycles. The van der Waals surface area contributed by atoms with Gasteiger partial charge in [0.05, 0.1) is 0 Å². The van der Waals surface area contributed by atoms with Crippen molar-refractivity contribution in [1.29, 1.82) is 5.26 Å². The Morgan fingerprint density at radius 3 is 2.64 bits per heavy atom. The van der Waals surface area contributed by atoms with Crippen molar-refractivity contribution in [3.05, 3.63) is 16.5 Å². The Balaban J connectivity index is 3.19. The Labute approximate surface area is 69.6 Å². The van der Waals surface area contributed by atoms with Crippen molar-refractivity contribution in [2.75, 3.05) is 0 Å². The summed E-state index contributed by atoms with van der Waals surface area (Å²) in [6.07, 6.45) is 0. The lowest BCUT2D eigenvalue weighted by Crippen LogP contribution is -1.89. The second-order valence-corrected chi connectivity index (χ2v) is 2.83. The zero-order valence-electron chi connectivity index (χ0n) is 6.26. The summed E-state index contributed by atoms with van der Waals surface area (Å²) in [5.74, 6) is 0.167. The van der Waals surface area contributed by atoms with Crippen molar-refractivity contribution >= 4 is 11.6 Å². The largest absolute Gasteiger partial charge is 0.343 e. The van der Waals surface area contributed by atoms with Gasteiger partial charge in [-0.3, -0.25) is 0 Å². The molecule has 3 nitrogen and oxygen atoms in total. The van der Waals surface area contributed by atoms with E-state index in [0.29, 0.717) is 11.3 Å². The van der Waals surface area contributed by atoms with Crippen LogP contribution in [0.5, 0.6) is 0 Å². The summed E-state index contributed by atoms with van der Waals surface area (Å²) in [7, 11) is 0. The molecule has 0 aromatic carbocycles. The zero-order valence-corrected chi connectivity index (χ0v) is 7.01. The molecule has 0 amide bonds. The smallest absolute Gasteiger partial charge is 0.244 e. The summed E-state index contributed by atoms with van der Waals surface area (Å²) in [6, 6.07) is 1.94. The molecule has 0 saturated heterocycles. The van der Waals surface area contributed by atoms with Crippen LogP contribution in [0.25, 0.3) is 0 Å². The van der Waals surface area contributed by atoms with Crippen LogP contribution in [0.3, 0.4) is 0 Å². The van der Waals surface area contributed by atoms with Gasteiger partial charge in [0.2, 0.25) is 5.22 Å². The second-order valence-electron chi connectivity index (χ2n) is 2.48. The summed E-state index contributed by atoms with van der Waals surface area (Å²) in [6.45, 7) is 3.85. The Morgan fingerprint density at radius 1 is 1.64 bits per heavy atom. The molecule has 58 valence electrons. The Bertz CT molecular complexity index is 298. The highest BCUT2D eigenvalue weighted by Crippen LogP contribution is 2.23. The van der Waals surface area contributed by atoms with Gasteiger partial charge in [-0.1, -0.05) is 19.0 Å². The fourth-order valence-corrected chi connectivity index (χ4v) is 0.950. The van der Waals surface area contributed by atoms with Gasteiger partial charge in [-0.15, -0.1) is 0 Å². The number of rotatable bonds is 1. The molecule has 1 rings (SSSR count). The van der Waals surface area contributed by atoms with Crippen molar-refractivity contribution in [2.24, 2.45) is 0 Å². The van der Waals surface area contributed by atoms with Crippen LogP contribution in [0.15, 0.2) is 4.52 Å². The average Bonchev–Trinajstić information content (AvgIpc) is 2.30. The quantitative estimate of drug-likeness (QED) is 0.650. The lowest BCUT2D eigenvalue weighted by molar-refractivity contribution is 0.410. The van der Waals surface area contributed by atoms with Gasteiger partial charge in [0.25, 0.3) is 0 Å². The van der Waals surface area contributed by atoms with Crippen molar-refractivity contribution < 1.29 is 4.52 Å². The molecule has 0 atom stereocenters. The first kappa shape index (κ1) is 8.09. The molecule has 4 heteroatoms. The van der Waals surface area contributed by atoms with Crippen LogP contribution in [-0.4, -0.2) is 5.16 Å². The molecule has 11 heavy (non-hydrogen) atoms. The van der Waals surface area contributed by atoms with Gasteiger partial charge in [-0.05, 0) is 11.6 Å². The lowest BCUT2D eigenvalue weighted by Gasteiger charge is -1.95. The minimum Gasteiger partial charge on any atom is -0.343 e. The second kappa shape index (κ2) is 2.93. The average molecular weight is 171 g/mol. The van der Waals surface area contributed by atoms with E-state index in [-0.39, 0.29) is 11.1 Å². The molecular weight excluding hydrogens is 164 g/mol. The fraction of sp³-hybridized carbons (Fsp3) is 0.429. The number of hydrogen-bond acceptors (Lipinski definition) is 3. The summed E-state index contributed by atoms with van der Waals surface area (Å²) >= 11 is 5.54. The van der Waals surface area contributed by atoms with Crippen molar-refractivity contribution in [3.63, 3.8) is 0 Å². The molecule has 0 bridgehead atoms. The molecular formula is C7H7ClN2O. The summed E-state index contributed by atoms with van der Waals surface area (Å²) in [5, 5.41) is 12.3. The van der Waals surface area contributed by atoms with Crippen molar-refractivity contribution in [2.45, 2.75) is 19.8 Å². The standard InChI is InChI=1S/C7H7ClN2O/c1-4(2)6-5(3-9)7(8)11-10-6/h4H,1-2H3.